The Morgan fingerprint density at radius 3 is 2.52 bits per heavy atom. The first-order valence-electron chi connectivity index (χ1n) is 10.6. The smallest absolute Gasteiger partial charge is 0.270 e. The van der Waals surface area contributed by atoms with Crippen LogP contribution in [0.5, 0.6) is 0 Å². The minimum Gasteiger partial charge on any atom is -0.354 e. The van der Waals surface area contributed by atoms with Crippen molar-refractivity contribution in [3.05, 3.63) is 57.9 Å². The highest BCUT2D eigenvalue weighted by Crippen LogP contribution is 2.37. The van der Waals surface area contributed by atoms with E-state index in [0.717, 1.165) is 42.9 Å². The lowest BCUT2D eigenvalue weighted by molar-refractivity contribution is 0.0622. The zero-order valence-electron chi connectivity index (χ0n) is 18.0. The van der Waals surface area contributed by atoms with Crippen LogP contribution >= 0.6 is 0 Å². The number of fused-ring (bicyclic) bond motifs is 1. The summed E-state index contributed by atoms with van der Waals surface area (Å²) < 4.78 is 0. The van der Waals surface area contributed by atoms with Crippen molar-refractivity contribution in [2.45, 2.75) is 47.1 Å². The van der Waals surface area contributed by atoms with Crippen LogP contribution in [0.2, 0.25) is 0 Å². The Morgan fingerprint density at radius 1 is 1.10 bits per heavy atom. The number of H-pyrrole nitrogens is 1. The first-order chi connectivity index (χ1) is 13.7. The third-order valence-corrected chi connectivity index (χ3v) is 6.26. The highest BCUT2D eigenvalue weighted by atomic mass is 16.2. The Hall–Kier alpha value is -2.40. The van der Waals surface area contributed by atoms with Crippen molar-refractivity contribution in [2.75, 3.05) is 26.2 Å². The molecule has 0 radical (unpaired) electrons. The Kier molecular flexibility index (Phi) is 5.11. The molecule has 5 heteroatoms. The van der Waals surface area contributed by atoms with Crippen molar-refractivity contribution in [3.8, 4) is 0 Å². The molecule has 4 rings (SSSR count). The molecule has 1 aromatic carbocycles. The summed E-state index contributed by atoms with van der Waals surface area (Å²) in [5.74, 6) is 0.185. The quantitative estimate of drug-likeness (QED) is 0.864. The normalized spacial score (nSPS) is 19.3. The molecule has 2 aliphatic rings. The van der Waals surface area contributed by atoms with Crippen molar-refractivity contribution in [3.63, 3.8) is 0 Å². The topological polar surface area (TPSA) is 56.4 Å². The van der Waals surface area contributed by atoms with E-state index in [0.29, 0.717) is 25.2 Å². The van der Waals surface area contributed by atoms with Crippen molar-refractivity contribution in [2.24, 2.45) is 5.41 Å². The maximum absolute atomic E-state index is 13.2. The molecular formula is C24H31N3O2. The standard InChI is InChI=1S/C24H31N3O2/c1-16-6-5-7-18(12-16)15-26-8-10-27(11-9-26)23(29)22-17(2)21-19(25-22)13-24(3,4)14-20(21)28/h5-7,12,25H,8-11,13-15H2,1-4H3. The van der Waals surface area contributed by atoms with Gasteiger partial charge in [0, 0.05) is 50.4 Å². The third-order valence-electron chi connectivity index (χ3n) is 6.26. The SMILES string of the molecule is Cc1cccc(CN2CCN(C(=O)c3[nH]c4c(c3C)C(=O)CC(C)(C)C4)CC2)c1. The zero-order chi connectivity index (χ0) is 20.8. The molecule has 1 amide bonds. The first kappa shape index (κ1) is 19.9. The van der Waals surface area contributed by atoms with E-state index < -0.39 is 0 Å². The van der Waals surface area contributed by atoms with Gasteiger partial charge in [0.1, 0.15) is 5.69 Å². The molecule has 1 aliphatic heterocycles. The van der Waals surface area contributed by atoms with E-state index in [4.69, 9.17) is 0 Å². The number of aromatic nitrogens is 1. The number of Topliss-reactive ketones (excluding diaryl/α,β-unsaturated/α-hetero) is 1. The number of hydrogen-bond acceptors (Lipinski definition) is 3. The van der Waals surface area contributed by atoms with Crippen molar-refractivity contribution in [1.82, 2.24) is 14.8 Å². The van der Waals surface area contributed by atoms with Crippen LogP contribution in [-0.2, 0) is 13.0 Å². The summed E-state index contributed by atoms with van der Waals surface area (Å²) in [7, 11) is 0. The second-order valence-corrected chi connectivity index (χ2v) is 9.48. The fourth-order valence-electron chi connectivity index (χ4n) is 4.78. The summed E-state index contributed by atoms with van der Waals surface area (Å²) in [5, 5.41) is 0. The summed E-state index contributed by atoms with van der Waals surface area (Å²) in [6.45, 7) is 12.3. The number of benzene rings is 1. The van der Waals surface area contributed by atoms with Crippen molar-refractivity contribution >= 4 is 11.7 Å². The van der Waals surface area contributed by atoms with E-state index >= 15 is 0 Å². The van der Waals surface area contributed by atoms with Crippen molar-refractivity contribution in [1.29, 1.82) is 0 Å². The molecular weight excluding hydrogens is 362 g/mol. The fraction of sp³-hybridized carbons (Fsp3) is 0.500. The number of aromatic amines is 1. The van der Waals surface area contributed by atoms with Gasteiger partial charge in [-0.2, -0.15) is 0 Å². The molecule has 5 nitrogen and oxygen atoms in total. The molecule has 1 fully saturated rings. The highest BCUT2D eigenvalue weighted by molar-refractivity contribution is 6.04. The number of ketones is 1. The van der Waals surface area contributed by atoms with E-state index in [9.17, 15) is 9.59 Å². The van der Waals surface area contributed by atoms with Crippen LogP contribution in [0.4, 0.5) is 0 Å². The van der Waals surface area contributed by atoms with E-state index in [-0.39, 0.29) is 17.1 Å². The van der Waals surface area contributed by atoms with Gasteiger partial charge in [0.05, 0.1) is 0 Å². The lowest BCUT2D eigenvalue weighted by Crippen LogP contribution is -2.48. The molecule has 154 valence electrons. The Balaban J connectivity index is 1.43. The number of nitrogens with zero attached hydrogens (tertiary/aromatic N) is 2. The van der Waals surface area contributed by atoms with E-state index in [1.54, 1.807) is 0 Å². The molecule has 29 heavy (non-hydrogen) atoms. The Morgan fingerprint density at radius 2 is 1.83 bits per heavy atom. The molecule has 2 heterocycles. The minimum absolute atomic E-state index is 0.0257. The molecule has 1 aromatic heterocycles. The van der Waals surface area contributed by atoms with Crippen LogP contribution in [0.15, 0.2) is 24.3 Å². The van der Waals surface area contributed by atoms with Gasteiger partial charge in [0.25, 0.3) is 5.91 Å². The number of nitrogens with one attached hydrogen (secondary N) is 1. The average molecular weight is 394 g/mol. The molecule has 1 N–H and O–H groups in total. The second kappa shape index (κ2) is 7.45. The van der Waals surface area contributed by atoms with Gasteiger partial charge in [-0.1, -0.05) is 43.7 Å². The van der Waals surface area contributed by atoms with Gasteiger partial charge in [-0.15, -0.1) is 0 Å². The predicted molar refractivity (Wildman–Crippen MR) is 114 cm³/mol. The number of amides is 1. The number of aryl methyl sites for hydroxylation is 1. The highest BCUT2D eigenvalue weighted by Gasteiger charge is 2.36. The largest absolute Gasteiger partial charge is 0.354 e. The molecule has 0 saturated carbocycles. The third kappa shape index (κ3) is 4.01. The van der Waals surface area contributed by atoms with E-state index in [1.165, 1.54) is 11.1 Å². The van der Waals surface area contributed by atoms with Gasteiger partial charge in [-0.3, -0.25) is 14.5 Å². The lowest BCUT2D eigenvalue weighted by Gasteiger charge is -2.34. The maximum Gasteiger partial charge on any atom is 0.270 e. The lowest BCUT2D eigenvalue weighted by atomic mass is 9.75. The molecule has 0 bridgehead atoms. The van der Waals surface area contributed by atoms with Crippen LogP contribution in [0.3, 0.4) is 0 Å². The molecule has 2 aromatic rings. The molecule has 1 saturated heterocycles. The number of rotatable bonds is 3. The van der Waals surface area contributed by atoms with Gasteiger partial charge < -0.3 is 9.88 Å². The van der Waals surface area contributed by atoms with Crippen LogP contribution in [0, 0.1) is 19.3 Å². The molecule has 0 atom stereocenters. The number of hydrogen-bond donors (Lipinski definition) is 1. The minimum atomic E-state index is -0.0525. The Labute approximate surface area is 173 Å². The fourth-order valence-corrected chi connectivity index (χ4v) is 4.78. The van der Waals surface area contributed by atoms with E-state index in [2.05, 4.69) is 54.9 Å². The number of carbonyl (C=O) groups excluding carboxylic acids is 2. The van der Waals surface area contributed by atoms with E-state index in [1.807, 2.05) is 11.8 Å². The van der Waals surface area contributed by atoms with Gasteiger partial charge in [0.2, 0.25) is 0 Å². The van der Waals surface area contributed by atoms with Crippen LogP contribution in [0.1, 0.15) is 63.5 Å². The summed E-state index contributed by atoms with van der Waals surface area (Å²) >= 11 is 0. The summed E-state index contributed by atoms with van der Waals surface area (Å²) in [6.07, 6.45) is 1.36. The first-order valence-corrected chi connectivity index (χ1v) is 10.6. The van der Waals surface area contributed by atoms with Gasteiger partial charge in [0.15, 0.2) is 5.78 Å². The number of piperazine rings is 1. The van der Waals surface area contributed by atoms with Crippen LogP contribution in [-0.4, -0.2) is 52.7 Å². The monoisotopic (exact) mass is 393 g/mol. The van der Waals surface area contributed by atoms with Gasteiger partial charge >= 0.3 is 0 Å². The molecule has 0 unspecified atom stereocenters. The Bertz CT molecular complexity index is 949. The maximum atomic E-state index is 13.2. The second-order valence-electron chi connectivity index (χ2n) is 9.48. The van der Waals surface area contributed by atoms with Gasteiger partial charge in [-0.05, 0) is 36.8 Å². The number of carbonyl (C=O) groups is 2. The van der Waals surface area contributed by atoms with Gasteiger partial charge in [-0.25, -0.2) is 0 Å². The van der Waals surface area contributed by atoms with Crippen LogP contribution in [0.25, 0.3) is 0 Å². The average Bonchev–Trinajstić information content (AvgIpc) is 2.97. The summed E-state index contributed by atoms with van der Waals surface area (Å²) in [5.41, 5.74) is 5.67. The summed E-state index contributed by atoms with van der Waals surface area (Å²) in [4.78, 5) is 33.4. The van der Waals surface area contributed by atoms with Crippen molar-refractivity contribution < 1.29 is 9.59 Å². The zero-order valence-corrected chi connectivity index (χ0v) is 18.0. The molecule has 0 spiro atoms. The van der Waals surface area contributed by atoms with Crippen LogP contribution < -0.4 is 0 Å². The summed E-state index contributed by atoms with van der Waals surface area (Å²) in [6, 6.07) is 8.60. The molecule has 1 aliphatic carbocycles. The predicted octanol–water partition coefficient (Wildman–Crippen LogP) is 3.74.